The third kappa shape index (κ3) is 3.56. The summed E-state index contributed by atoms with van der Waals surface area (Å²) in [5.74, 6) is 0. The van der Waals surface area contributed by atoms with E-state index in [9.17, 15) is 4.79 Å². The van der Waals surface area contributed by atoms with Gasteiger partial charge in [-0.05, 0) is 38.8 Å². The molecule has 7 heteroatoms. The Labute approximate surface area is 172 Å². The molecule has 146 valence electrons. The van der Waals surface area contributed by atoms with Crippen LogP contribution in [0.15, 0.2) is 63.6 Å². The number of hydrogen-bond acceptors (Lipinski definition) is 5. The summed E-state index contributed by atoms with van der Waals surface area (Å²) in [5, 5.41) is 12.3. The van der Waals surface area contributed by atoms with Crippen molar-refractivity contribution in [2.24, 2.45) is 10.2 Å². The summed E-state index contributed by atoms with van der Waals surface area (Å²) in [5.41, 5.74) is 5.42. The number of nitrogens with zero attached hydrogens (tertiary/aromatic N) is 4. The van der Waals surface area contributed by atoms with Gasteiger partial charge in [0, 0.05) is 10.4 Å². The van der Waals surface area contributed by atoms with Crippen LogP contribution in [-0.2, 0) is 0 Å². The van der Waals surface area contributed by atoms with Crippen LogP contribution < -0.4 is 5.56 Å². The molecule has 0 unspecified atom stereocenters. The van der Waals surface area contributed by atoms with Crippen LogP contribution in [0.3, 0.4) is 0 Å². The van der Waals surface area contributed by atoms with Gasteiger partial charge in [0.15, 0.2) is 5.69 Å². The fraction of sp³-hybridized carbons (Fsp3) is 0.182. The fourth-order valence-corrected chi connectivity index (χ4v) is 4.09. The number of aryl methyl sites for hydroxylation is 4. The van der Waals surface area contributed by atoms with Crippen LogP contribution in [0.5, 0.6) is 0 Å². The van der Waals surface area contributed by atoms with Crippen molar-refractivity contribution in [3.05, 3.63) is 80.6 Å². The van der Waals surface area contributed by atoms with Gasteiger partial charge in [0.25, 0.3) is 0 Å². The standard InChI is InChI=1S/C22H21N5OS/c1-13-9-8-10-14(2)18(13)24-25-19-15(3)26-27(21(19)28)22-23-20(16(4)29-22)17-11-6-5-7-12-17/h5-12,26H,1-4H3. The third-order valence-corrected chi connectivity index (χ3v) is 5.71. The van der Waals surface area contributed by atoms with Crippen molar-refractivity contribution in [1.29, 1.82) is 0 Å². The summed E-state index contributed by atoms with van der Waals surface area (Å²) in [6.07, 6.45) is 0. The molecule has 0 bridgehead atoms. The van der Waals surface area contributed by atoms with Crippen molar-refractivity contribution >= 4 is 22.7 Å². The van der Waals surface area contributed by atoms with Gasteiger partial charge in [0.2, 0.25) is 5.13 Å². The van der Waals surface area contributed by atoms with Gasteiger partial charge in [-0.2, -0.15) is 4.68 Å². The summed E-state index contributed by atoms with van der Waals surface area (Å²) >= 11 is 1.47. The van der Waals surface area contributed by atoms with E-state index in [4.69, 9.17) is 4.98 Å². The number of thiazole rings is 1. The average Bonchev–Trinajstić information content (AvgIpc) is 3.22. The minimum Gasteiger partial charge on any atom is -0.291 e. The lowest BCUT2D eigenvalue weighted by molar-refractivity contribution is 0.827. The number of aromatic amines is 1. The second-order valence-electron chi connectivity index (χ2n) is 6.93. The lowest BCUT2D eigenvalue weighted by Crippen LogP contribution is -2.13. The van der Waals surface area contributed by atoms with E-state index < -0.39 is 0 Å². The third-order valence-electron chi connectivity index (χ3n) is 4.75. The quantitative estimate of drug-likeness (QED) is 0.428. The van der Waals surface area contributed by atoms with Crippen LogP contribution in [0.1, 0.15) is 21.7 Å². The predicted molar refractivity (Wildman–Crippen MR) is 117 cm³/mol. The molecule has 0 radical (unpaired) electrons. The molecule has 0 aliphatic carbocycles. The van der Waals surface area contributed by atoms with E-state index in [1.54, 1.807) is 0 Å². The van der Waals surface area contributed by atoms with E-state index in [1.165, 1.54) is 16.0 Å². The van der Waals surface area contributed by atoms with Crippen molar-refractivity contribution in [3.63, 3.8) is 0 Å². The van der Waals surface area contributed by atoms with Gasteiger partial charge in [0.1, 0.15) is 0 Å². The first-order chi connectivity index (χ1) is 14.0. The molecule has 6 nitrogen and oxygen atoms in total. The molecule has 1 N–H and O–H groups in total. The Morgan fingerprint density at radius 2 is 1.55 bits per heavy atom. The van der Waals surface area contributed by atoms with E-state index >= 15 is 0 Å². The lowest BCUT2D eigenvalue weighted by atomic mass is 10.1. The molecule has 0 spiro atoms. The van der Waals surface area contributed by atoms with Crippen LogP contribution in [0.4, 0.5) is 11.4 Å². The number of hydrogen-bond donors (Lipinski definition) is 1. The van der Waals surface area contributed by atoms with E-state index in [0.717, 1.165) is 32.9 Å². The van der Waals surface area contributed by atoms with Crippen molar-refractivity contribution < 1.29 is 0 Å². The molecule has 0 fully saturated rings. The van der Waals surface area contributed by atoms with Crippen molar-refractivity contribution in [2.75, 3.05) is 0 Å². The van der Waals surface area contributed by atoms with E-state index in [2.05, 4.69) is 15.3 Å². The van der Waals surface area contributed by atoms with Crippen molar-refractivity contribution in [3.8, 4) is 16.4 Å². The molecule has 2 aromatic carbocycles. The smallest absolute Gasteiger partial charge is 0.291 e. The highest BCUT2D eigenvalue weighted by atomic mass is 32.1. The number of rotatable bonds is 4. The molecule has 0 aliphatic heterocycles. The maximum Gasteiger partial charge on any atom is 0.301 e. The fourth-order valence-electron chi connectivity index (χ4n) is 3.20. The van der Waals surface area contributed by atoms with Crippen LogP contribution in [0.25, 0.3) is 16.4 Å². The van der Waals surface area contributed by atoms with E-state index in [1.807, 2.05) is 76.2 Å². The minimum atomic E-state index is -0.258. The van der Waals surface area contributed by atoms with E-state index in [-0.39, 0.29) is 5.56 Å². The number of benzene rings is 2. The monoisotopic (exact) mass is 403 g/mol. The Balaban J connectivity index is 1.74. The molecule has 0 aliphatic rings. The highest BCUT2D eigenvalue weighted by Gasteiger charge is 2.17. The molecule has 2 aromatic heterocycles. The first kappa shape index (κ1) is 19.0. The molecule has 29 heavy (non-hydrogen) atoms. The maximum absolute atomic E-state index is 13.0. The molecule has 4 aromatic rings. The van der Waals surface area contributed by atoms with Gasteiger partial charge in [-0.3, -0.25) is 9.89 Å². The van der Waals surface area contributed by atoms with Gasteiger partial charge in [-0.25, -0.2) is 4.98 Å². The Kier molecular flexibility index (Phi) is 4.98. The van der Waals surface area contributed by atoms with Gasteiger partial charge in [-0.15, -0.1) is 10.2 Å². The normalized spacial score (nSPS) is 11.4. The summed E-state index contributed by atoms with van der Waals surface area (Å²) in [4.78, 5) is 18.7. The zero-order valence-electron chi connectivity index (χ0n) is 16.7. The summed E-state index contributed by atoms with van der Waals surface area (Å²) in [6.45, 7) is 7.78. The summed E-state index contributed by atoms with van der Waals surface area (Å²) < 4.78 is 1.44. The first-order valence-electron chi connectivity index (χ1n) is 9.28. The lowest BCUT2D eigenvalue weighted by Gasteiger charge is -2.01. The van der Waals surface area contributed by atoms with Crippen LogP contribution >= 0.6 is 11.3 Å². The van der Waals surface area contributed by atoms with Crippen molar-refractivity contribution in [2.45, 2.75) is 27.7 Å². The Morgan fingerprint density at radius 3 is 2.24 bits per heavy atom. The molecule has 0 saturated carbocycles. The topological polar surface area (TPSA) is 75.4 Å². The first-order valence-corrected chi connectivity index (χ1v) is 10.1. The van der Waals surface area contributed by atoms with Crippen LogP contribution in [0, 0.1) is 27.7 Å². The zero-order valence-corrected chi connectivity index (χ0v) is 17.5. The Bertz CT molecular complexity index is 1240. The number of H-pyrrole nitrogens is 1. The largest absolute Gasteiger partial charge is 0.301 e. The Hall–Kier alpha value is -3.32. The summed E-state index contributed by atoms with van der Waals surface area (Å²) in [7, 11) is 0. The van der Waals surface area contributed by atoms with Gasteiger partial charge >= 0.3 is 5.56 Å². The number of nitrogens with one attached hydrogen (secondary N) is 1. The van der Waals surface area contributed by atoms with Crippen LogP contribution in [-0.4, -0.2) is 14.8 Å². The molecular formula is C22H21N5OS. The summed E-state index contributed by atoms with van der Waals surface area (Å²) in [6, 6.07) is 15.9. The van der Waals surface area contributed by atoms with Crippen LogP contribution in [0.2, 0.25) is 0 Å². The second kappa shape index (κ2) is 7.60. The maximum atomic E-state index is 13.0. The Morgan fingerprint density at radius 1 is 0.897 bits per heavy atom. The SMILES string of the molecule is Cc1cccc(C)c1N=Nc1c(C)[nH]n(-c2nc(-c3ccccc3)c(C)s2)c1=O. The van der Waals surface area contributed by atoms with Gasteiger partial charge < -0.3 is 0 Å². The molecule has 0 saturated heterocycles. The number of aromatic nitrogens is 3. The molecule has 0 atom stereocenters. The van der Waals surface area contributed by atoms with Crippen molar-refractivity contribution in [1.82, 2.24) is 14.8 Å². The average molecular weight is 404 g/mol. The molecule has 4 rings (SSSR count). The second-order valence-corrected chi connectivity index (χ2v) is 8.12. The van der Waals surface area contributed by atoms with Gasteiger partial charge in [0.05, 0.1) is 17.1 Å². The van der Waals surface area contributed by atoms with E-state index in [0.29, 0.717) is 16.5 Å². The predicted octanol–water partition coefficient (Wildman–Crippen LogP) is 5.94. The highest BCUT2D eigenvalue weighted by molar-refractivity contribution is 7.14. The van der Waals surface area contributed by atoms with Gasteiger partial charge in [-0.1, -0.05) is 59.9 Å². The molecule has 2 heterocycles. The minimum absolute atomic E-state index is 0.258. The molecule has 0 amide bonds. The highest BCUT2D eigenvalue weighted by Crippen LogP contribution is 2.30. The zero-order chi connectivity index (χ0) is 20.5. The number of azo groups is 1. The molecular weight excluding hydrogens is 382 g/mol.